The van der Waals surface area contributed by atoms with Gasteiger partial charge >= 0.3 is 6.03 Å². The van der Waals surface area contributed by atoms with Crippen molar-refractivity contribution in [3.8, 4) is 0 Å². The summed E-state index contributed by atoms with van der Waals surface area (Å²) in [4.78, 5) is 38.8. The first kappa shape index (κ1) is 21.1. The van der Waals surface area contributed by atoms with Crippen molar-refractivity contribution in [2.75, 3.05) is 5.75 Å². The molecule has 4 amide bonds. The van der Waals surface area contributed by atoms with Crippen molar-refractivity contribution in [1.29, 1.82) is 0 Å². The minimum absolute atomic E-state index is 0.0237. The van der Waals surface area contributed by atoms with Gasteiger partial charge in [0.05, 0.1) is 5.75 Å². The molecule has 160 valence electrons. The second-order valence-electron chi connectivity index (χ2n) is 7.10. The van der Waals surface area contributed by atoms with Crippen molar-refractivity contribution in [2.24, 2.45) is 7.05 Å². The lowest BCUT2D eigenvalue weighted by molar-refractivity contribution is -0.138. The van der Waals surface area contributed by atoms with Crippen molar-refractivity contribution in [2.45, 2.75) is 24.0 Å². The molecule has 31 heavy (non-hydrogen) atoms. The van der Waals surface area contributed by atoms with E-state index >= 15 is 0 Å². The molecular weight excluding hydrogens is 436 g/mol. The zero-order valence-corrected chi connectivity index (χ0v) is 18.5. The molecule has 1 aromatic carbocycles. The van der Waals surface area contributed by atoms with Crippen LogP contribution in [0.25, 0.3) is 0 Å². The molecule has 0 spiro atoms. The highest BCUT2D eigenvalue weighted by Crippen LogP contribution is 2.27. The zero-order valence-electron chi connectivity index (χ0n) is 16.9. The number of imide groups is 1. The molecule has 11 heteroatoms. The van der Waals surface area contributed by atoms with Gasteiger partial charge in [-0.3, -0.25) is 15.0 Å². The van der Waals surface area contributed by atoms with Crippen LogP contribution in [-0.2, 0) is 28.6 Å². The number of urea groups is 1. The van der Waals surface area contributed by atoms with Gasteiger partial charge in [-0.05, 0) is 23.9 Å². The van der Waals surface area contributed by atoms with Crippen LogP contribution in [0.4, 0.5) is 4.79 Å². The number of amides is 4. The van der Waals surface area contributed by atoms with Crippen LogP contribution in [0.1, 0.15) is 23.2 Å². The Morgan fingerprint density at radius 2 is 1.97 bits per heavy atom. The topological polar surface area (TPSA) is 109 Å². The summed E-state index contributed by atoms with van der Waals surface area (Å²) in [5.74, 6) is -0.268. The summed E-state index contributed by atoms with van der Waals surface area (Å²) in [5.41, 5.74) is 1.79. The van der Waals surface area contributed by atoms with E-state index in [0.717, 1.165) is 10.8 Å². The standard InChI is InChI=1S/C20H20N6O3S2/c1-20(13-7-4-3-5-8-13)17(28)26(18(29)21-20)24-16(27)12-31-19-23-22-15(25(19)2)11-14-9-6-10-30-14/h3-10H,11-12H2,1-2H3,(H,21,29)(H,24,27)/t20-/m0/s1. The normalized spacial score (nSPS) is 18.3. The Morgan fingerprint density at radius 3 is 2.68 bits per heavy atom. The van der Waals surface area contributed by atoms with Crippen LogP contribution in [0, 0.1) is 0 Å². The number of thioether (sulfide) groups is 1. The lowest BCUT2D eigenvalue weighted by Crippen LogP contribution is -2.48. The van der Waals surface area contributed by atoms with Crippen LogP contribution in [0.2, 0.25) is 0 Å². The van der Waals surface area contributed by atoms with Crippen molar-refractivity contribution >= 4 is 40.9 Å². The fraction of sp³-hybridized carbons (Fsp3) is 0.250. The summed E-state index contributed by atoms with van der Waals surface area (Å²) in [5, 5.41) is 14.3. The number of rotatable bonds is 7. The lowest BCUT2D eigenvalue weighted by atomic mass is 9.92. The molecule has 2 N–H and O–H groups in total. The van der Waals surface area contributed by atoms with E-state index < -0.39 is 23.4 Å². The molecule has 0 radical (unpaired) electrons. The Morgan fingerprint density at radius 1 is 1.19 bits per heavy atom. The van der Waals surface area contributed by atoms with Crippen molar-refractivity contribution < 1.29 is 14.4 Å². The third kappa shape index (κ3) is 4.19. The maximum atomic E-state index is 12.9. The molecule has 2 aromatic heterocycles. The van der Waals surface area contributed by atoms with E-state index in [9.17, 15) is 14.4 Å². The van der Waals surface area contributed by atoms with Crippen LogP contribution < -0.4 is 10.7 Å². The van der Waals surface area contributed by atoms with Crippen LogP contribution in [0.3, 0.4) is 0 Å². The van der Waals surface area contributed by atoms with E-state index in [0.29, 0.717) is 17.1 Å². The van der Waals surface area contributed by atoms with Crippen LogP contribution >= 0.6 is 23.1 Å². The Balaban J connectivity index is 1.37. The molecule has 1 aliphatic heterocycles. The summed E-state index contributed by atoms with van der Waals surface area (Å²) in [6.07, 6.45) is 0.661. The van der Waals surface area contributed by atoms with Gasteiger partial charge in [-0.15, -0.1) is 21.5 Å². The predicted octanol–water partition coefficient (Wildman–Crippen LogP) is 2.06. The first-order valence-corrected chi connectivity index (χ1v) is 11.3. The number of carbonyl (C=O) groups is 3. The molecule has 0 saturated carbocycles. The summed E-state index contributed by atoms with van der Waals surface area (Å²) in [6.45, 7) is 1.61. The second-order valence-corrected chi connectivity index (χ2v) is 9.07. The minimum Gasteiger partial charge on any atom is -0.318 e. The molecule has 3 aromatic rings. The number of carbonyl (C=O) groups excluding carboxylic acids is 3. The SMILES string of the molecule is Cn1c(Cc2cccs2)nnc1SCC(=O)NN1C(=O)N[C@@](C)(c2ccccc2)C1=O. The molecule has 1 saturated heterocycles. The second kappa shape index (κ2) is 8.52. The van der Waals surface area contributed by atoms with Crippen molar-refractivity contribution in [3.05, 3.63) is 64.1 Å². The van der Waals surface area contributed by atoms with E-state index in [1.54, 1.807) is 42.5 Å². The molecule has 4 rings (SSSR count). The van der Waals surface area contributed by atoms with E-state index in [-0.39, 0.29) is 5.75 Å². The van der Waals surface area contributed by atoms with Crippen LogP contribution in [0.5, 0.6) is 0 Å². The molecule has 0 unspecified atom stereocenters. The number of nitrogens with zero attached hydrogens (tertiary/aromatic N) is 4. The predicted molar refractivity (Wildman–Crippen MR) is 116 cm³/mol. The Hall–Kier alpha value is -3.18. The summed E-state index contributed by atoms with van der Waals surface area (Å²) >= 11 is 2.82. The average molecular weight is 457 g/mol. The molecular formula is C20H20N6O3S2. The molecule has 3 heterocycles. The monoisotopic (exact) mass is 456 g/mol. The maximum Gasteiger partial charge on any atom is 0.344 e. The number of nitrogens with one attached hydrogen (secondary N) is 2. The van der Waals surface area contributed by atoms with Gasteiger partial charge in [-0.1, -0.05) is 48.2 Å². The zero-order chi connectivity index (χ0) is 22.0. The molecule has 1 fully saturated rings. The number of hydrazine groups is 1. The van der Waals surface area contributed by atoms with Gasteiger partial charge in [0.2, 0.25) is 5.91 Å². The number of hydrogen-bond donors (Lipinski definition) is 2. The number of thiophene rings is 1. The van der Waals surface area contributed by atoms with Gasteiger partial charge in [0.25, 0.3) is 5.91 Å². The molecule has 0 bridgehead atoms. The summed E-state index contributed by atoms with van der Waals surface area (Å²) in [6, 6.07) is 12.2. The van der Waals surface area contributed by atoms with E-state index in [4.69, 9.17) is 0 Å². The highest BCUT2D eigenvalue weighted by atomic mass is 32.2. The minimum atomic E-state index is -1.24. The fourth-order valence-corrected chi connectivity index (χ4v) is 4.61. The molecule has 1 atom stereocenters. The van der Waals surface area contributed by atoms with Crippen LogP contribution in [-0.4, -0.2) is 43.4 Å². The van der Waals surface area contributed by atoms with E-state index in [1.165, 1.54) is 16.6 Å². The third-order valence-electron chi connectivity index (χ3n) is 4.95. The Labute approximate surface area is 186 Å². The molecule has 1 aliphatic rings. The average Bonchev–Trinajstić information content (AvgIpc) is 3.45. The Kier molecular flexibility index (Phi) is 5.79. The third-order valence-corrected chi connectivity index (χ3v) is 6.84. The van der Waals surface area contributed by atoms with E-state index in [2.05, 4.69) is 20.9 Å². The number of aromatic nitrogens is 3. The highest BCUT2D eigenvalue weighted by Gasteiger charge is 2.49. The van der Waals surface area contributed by atoms with Crippen LogP contribution in [0.15, 0.2) is 53.0 Å². The van der Waals surface area contributed by atoms with Gasteiger partial charge in [-0.25, -0.2) is 4.79 Å². The summed E-state index contributed by atoms with van der Waals surface area (Å²) < 4.78 is 1.83. The van der Waals surface area contributed by atoms with Gasteiger partial charge < -0.3 is 9.88 Å². The Bertz CT molecular complexity index is 1120. The lowest BCUT2D eigenvalue weighted by Gasteiger charge is -2.22. The quantitative estimate of drug-likeness (QED) is 0.416. The molecule has 0 aliphatic carbocycles. The first-order valence-electron chi connectivity index (χ1n) is 9.43. The van der Waals surface area contributed by atoms with Gasteiger partial charge in [0.15, 0.2) is 5.16 Å². The van der Waals surface area contributed by atoms with Crippen molar-refractivity contribution in [3.63, 3.8) is 0 Å². The highest BCUT2D eigenvalue weighted by molar-refractivity contribution is 7.99. The largest absolute Gasteiger partial charge is 0.344 e. The van der Waals surface area contributed by atoms with Gasteiger partial charge in [-0.2, -0.15) is 5.01 Å². The number of hydrogen-bond acceptors (Lipinski definition) is 7. The van der Waals surface area contributed by atoms with E-state index in [1.807, 2.05) is 35.2 Å². The maximum absolute atomic E-state index is 12.9. The van der Waals surface area contributed by atoms with Gasteiger partial charge in [0.1, 0.15) is 11.4 Å². The first-order chi connectivity index (χ1) is 14.9. The van der Waals surface area contributed by atoms with Gasteiger partial charge in [0, 0.05) is 18.3 Å². The van der Waals surface area contributed by atoms with Crippen molar-refractivity contribution in [1.82, 2.24) is 30.5 Å². The number of benzene rings is 1. The fourth-order valence-electron chi connectivity index (χ4n) is 3.19. The molecule has 9 nitrogen and oxygen atoms in total. The summed E-state index contributed by atoms with van der Waals surface area (Å²) in [7, 11) is 1.84. The smallest absolute Gasteiger partial charge is 0.318 e.